The quantitative estimate of drug-likeness (QED) is 0.525. The molecule has 0 spiro atoms. The fraction of sp³-hybridized carbons (Fsp3) is 0.250. The summed E-state index contributed by atoms with van der Waals surface area (Å²) in [6.07, 6.45) is 8.15. The van der Waals surface area contributed by atoms with Crippen LogP contribution in [0.1, 0.15) is 41.6 Å². The van der Waals surface area contributed by atoms with E-state index in [-0.39, 0.29) is 5.91 Å². The minimum absolute atomic E-state index is 0.194. The van der Waals surface area contributed by atoms with Crippen molar-refractivity contribution in [3.63, 3.8) is 0 Å². The van der Waals surface area contributed by atoms with Crippen LogP contribution in [0.15, 0.2) is 60.0 Å². The molecular formula is C24H25N3O3S2. The van der Waals surface area contributed by atoms with E-state index in [0.29, 0.717) is 16.4 Å². The molecule has 0 atom stereocenters. The molecule has 3 aromatic rings. The van der Waals surface area contributed by atoms with Crippen LogP contribution >= 0.6 is 11.3 Å². The van der Waals surface area contributed by atoms with E-state index in [9.17, 15) is 13.2 Å². The van der Waals surface area contributed by atoms with E-state index >= 15 is 0 Å². The molecule has 0 saturated carbocycles. The van der Waals surface area contributed by atoms with Crippen molar-refractivity contribution in [1.82, 2.24) is 4.98 Å². The van der Waals surface area contributed by atoms with Gasteiger partial charge in [-0.05, 0) is 61.1 Å². The van der Waals surface area contributed by atoms with Gasteiger partial charge in [0.2, 0.25) is 10.0 Å². The van der Waals surface area contributed by atoms with E-state index in [1.54, 1.807) is 12.1 Å². The normalized spacial score (nSPS) is 14.0. The van der Waals surface area contributed by atoms with Gasteiger partial charge in [0.1, 0.15) is 0 Å². The Labute approximate surface area is 192 Å². The Morgan fingerprint density at radius 2 is 1.72 bits per heavy atom. The third-order valence-electron chi connectivity index (χ3n) is 5.56. The van der Waals surface area contributed by atoms with E-state index in [4.69, 9.17) is 0 Å². The van der Waals surface area contributed by atoms with Gasteiger partial charge in [0, 0.05) is 23.6 Å². The number of thiazole rings is 1. The summed E-state index contributed by atoms with van der Waals surface area (Å²) >= 11 is 1.35. The molecule has 2 aromatic carbocycles. The number of benzene rings is 2. The predicted molar refractivity (Wildman–Crippen MR) is 132 cm³/mol. The summed E-state index contributed by atoms with van der Waals surface area (Å²) in [5.74, 6) is -0.194. The van der Waals surface area contributed by atoms with Crippen molar-refractivity contribution in [2.24, 2.45) is 0 Å². The number of hydrogen-bond acceptors (Lipinski definition) is 5. The number of hydrogen-bond donors (Lipinski definition) is 1. The fourth-order valence-electron chi connectivity index (χ4n) is 3.60. The van der Waals surface area contributed by atoms with Crippen LogP contribution in [0.5, 0.6) is 0 Å². The second-order valence-electron chi connectivity index (χ2n) is 7.82. The van der Waals surface area contributed by atoms with Gasteiger partial charge in [0.15, 0.2) is 5.13 Å². The topological polar surface area (TPSA) is 79.4 Å². The SMILES string of the molecule is CN(c1ccc(-c2csc(NC(=O)c3ccc(C4=CCCCC4)cc3)n2)cc1)S(C)(=O)=O. The van der Waals surface area contributed by atoms with E-state index in [1.807, 2.05) is 41.8 Å². The van der Waals surface area contributed by atoms with Crippen molar-refractivity contribution in [2.75, 3.05) is 22.9 Å². The number of nitrogens with zero attached hydrogens (tertiary/aromatic N) is 2. The molecule has 1 amide bonds. The number of anilines is 2. The summed E-state index contributed by atoms with van der Waals surface area (Å²) in [7, 11) is -1.80. The molecule has 1 heterocycles. The molecule has 0 fully saturated rings. The molecule has 8 heteroatoms. The summed E-state index contributed by atoms with van der Waals surface area (Å²) in [6, 6.07) is 14.8. The standard InChI is InChI=1S/C24H25N3O3S2/c1-27(32(2,29)30)21-14-12-19(13-15-21)22-16-31-24(25-22)26-23(28)20-10-8-18(9-11-20)17-6-4-3-5-7-17/h6,8-16H,3-5,7H2,1-2H3,(H,25,26,28). The molecule has 1 aliphatic rings. The van der Waals surface area contributed by atoms with E-state index < -0.39 is 10.0 Å². The molecule has 0 unspecified atom stereocenters. The van der Waals surface area contributed by atoms with Crippen LogP contribution in [0.2, 0.25) is 0 Å². The van der Waals surface area contributed by atoms with E-state index in [2.05, 4.69) is 16.4 Å². The average Bonchev–Trinajstić information content (AvgIpc) is 3.27. The lowest BCUT2D eigenvalue weighted by molar-refractivity contribution is 0.102. The number of amides is 1. The van der Waals surface area contributed by atoms with Crippen LogP contribution in [-0.4, -0.2) is 32.6 Å². The van der Waals surface area contributed by atoms with Gasteiger partial charge in [0.25, 0.3) is 5.91 Å². The largest absolute Gasteiger partial charge is 0.298 e. The first-order valence-corrected chi connectivity index (χ1v) is 13.1. The van der Waals surface area contributed by atoms with Crippen molar-refractivity contribution in [2.45, 2.75) is 25.7 Å². The number of sulfonamides is 1. The maximum atomic E-state index is 12.6. The van der Waals surface area contributed by atoms with Gasteiger partial charge in [-0.25, -0.2) is 13.4 Å². The molecule has 4 rings (SSSR count). The highest BCUT2D eigenvalue weighted by molar-refractivity contribution is 7.92. The molecule has 1 aliphatic carbocycles. The first-order chi connectivity index (χ1) is 15.3. The molecule has 1 aromatic heterocycles. The average molecular weight is 468 g/mol. The van der Waals surface area contributed by atoms with Crippen molar-refractivity contribution in [3.05, 3.63) is 71.1 Å². The molecule has 0 radical (unpaired) electrons. The highest BCUT2D eigenvalue weighted by Crippen LogP contribution is 2.29. The van der Waals surface area contributed by atoms with Gasteiger partial charge < -0.3 is 0 Å². The first-order valence-electron chi connectivity index (χ1n) is 10.4. The summed E-state index contributed by atoms with van der Waals surface area (Å²) < 4.78 is 24.6. The van der Waals surface area contributed by atoms with Crippen molar-refractivity contribution in [3.8, 4) is 11.3 Å². The molecule has 6 nitrogen and oxygen atoms in total. The number of allylic oxidation sites excluding steroid dienone is 2. The molecule has 0 saturated heterocycles. The fourth-order valence-corrected chi connectivity index (χ4v) is 4.82. The highest BCUT2D eigenvalue weighted by Gasteiger charge is 2.14. The molecule has 0 aliphatic heterocycles. The third-order valence-corrected chi connectivity index (χ3v) is 7.52. The minimum atomic E-state index is -3.31. The third kappa shape index (κ3) is 5.08. The van der Waals surface area contributed by atoms with Gasteiger partial charge in [0.05, 0.1) is 17.6 Å². The Hall–Kier alpha value is -2.97. The van der Waals surface area contributed by atoms with Crippen LogP contribution in [0, 0.1) is 0 Å². The van der Waals surface area contributed by atoms with Gasteiger partial charge in [-0.3, -0.25) is 14.4 Å². The molecule has 166 valence electrons. The summed E-state index contributed by atoms with van der Waals surface area (Å²) in [5, 5.41) is 5.24. The lowest BCUT2D eigenvalue weighted by atomic mass is 9.93. The minimum Gasteiger partial charge on any atom is -0.298 e. The van der Waals surface area contributed by atoms with Crippen LogP contribution in [0.25, 0.3) is 16.8 Å². The number of rotatable bonds is 6. The Kier molecular flexibility index (Phi) is 6.43. The van der Waals surface area contributed by atoms with Crippen molar-refractivity contribution in [1.29, 1.82) is 0 Å². The Morgan fingerprint density at radius 3 is 2.34 bits per heavy atom. The monoisotopic (exact) mass is 467 g/mol. The second-order valence-corrected chi connectivity index (χ2v) is 10.7. The van der Waals surface area contributed by atoms with Gasteiger partial charge >= 0.3 is 0 Å². The van der Waals surface area contributed by atoms with Crippen LogP contribution in [0.4, 0.5) is 10.8 Å². The second kappa shape index (κ2) is 9.26. The van der Waals surface area contributed by atoms with Gasteiger partial charge in [-0.15, -0.1) is 11.3 Å². The van der Waals surface area contributed by atoms with E-state index in [0.717, 1.165) is 30.4 Å². The maximum absolute atomic E-state index is 12.6. The smallest absolute Gasteiger partial charge is 0.257 e. The number of carbonyl (C=O) groups excluding carboxylic acids is 1. The Morgan fingerprint density at radius 1 is 1.03 bits per heavy atom. The van der Waals surface area contributed by atoms with Crippen LogP contribution < -0.4 is 9.62 Å². The Bertz CT molecular complexity index is 1240. The zero-order valence-electron chi connectivity index (χ0n) is 18.0. The summed E-state index contributed by atoms with van der Waals surface area (Å²) in [4.78, 5) is 17.1. The lowest BCUT2D eigenvalue weighted by Crippen LogP contribution is -2.24. The molecular weight excluding hydrogens is 442 g/mol. The van der Waals surface area contributed by atoms with Gasteiger partial charge in [-0.2, -0.15) is 0 Å². The van der Waals surface area contributed by atoms with Crippen LogP contribution in [0.3, 0.4) is 0 Å². The van der Waals surface area contributed by atoms with Crippen molar-refractivity contribution >= 4 is 43.7 Å². The molecule has 0 bridgehead atoms. The zero-order valence-corrected chi connectivity index (χ0v) is 19.7. The lowest BCUT2D eigenvalue weighted by Gasteiger charge is -2.16. The van der Waals surface area contributed by atoms with Crippen molar-refractivity contribution < 1.29 is 13.2 Å². The Balaban J connectivity index is 1.43. The zero-order chi connectivity index (χ0) is 22.7. The van der Waals surface area contributed by atoms with Gasteiger partial charge in [-0.1, -0.05) is 30.3 Å². The first kappa shape index (κ1) is 22.2. The number of aromatic nitrogens is 1. The highest BCUT2D eigenvalue weighted by atomic mass is 32.2. The number of carbonyl (C=O) groups is 1. The molecule has 1 N–H and O–H groups in total. The summed E-state index contributed by atoms with van der Waals surface area (Å²) in [5.41, 5.74) is 5.28. The number of nitrogens with one attached hydrogen (secondary N) is 1. The maximum Gasteiger partial charge on any atom is 0.257 e. The predicted octanol–water partition coefficient (Wildman–Crippen LogP) is 5.42. The van der Waals surface area contributed by atoms with E-state index in [1.165, 1.54) is 46.7 Å². The summed E-state index contributed by atoms with van der Waals surface area (Å²) in [6.45, 7) is 0. The molecule has 32 heavy (non-hydrogen) atoms. The van der Waals surface area contributed by atoms with Crippen LogP contribution in [-0.2, 0) is 10.0 Å².